The summed E-state index contributed by atoms with van der Waals surface area (Å²) in [5.74, 6) is 0. The third kappa shape index (κ3) is 4.73. The highest BCUT2D eigenvalue weighted by Gasteiger charge is 2.34. The lowest BCUT2D eigenvalue weighted by atomic mass is 10.2. The van der Waals surface area contributed by atoms with E-state index >= 15 is 0 Å². The first-order valence-corrected chi connectivity index (χ1v) is 9.22. The molecule has 0 spiro atoms. The Labute approximate surface area is 148 Å². The number of hydrogen-bond acceptors (Lipinski definition) is 5. The van der Waals surface area contributed by atoms with Crippen molar-refractivity contribution in [3.05, 3.63) is 23.5 Å². The number of pyridine rings is 1. The van der Waals surface area contributed by atoms with Gasteiger partial charge in [0, 0.05) is 12.7 Å². The predicted octanol–water partition coefficient (Wildman–Crippen LogP) is 2.47. The lowest BCUT2D eigenvalue weighted by Gasteiger charge is -2.31. The van der Waals surface area contributed by atoms with Crippen molar-refractivity contribution in [1.82, 2.24) is 9.88 Å². The van der Waals surface area contributed by atoms with Crippen molar-refractivity contribution in [1.29, 1.82) is 0 Å². The first-order valence-electron chi connectivity index (χ1n) is 7.71. The van der Waals surface area contributed by atoms with Crippen LogP contribution in [0.4, 0.5) is 10.5 Å². The molecule has 7 nitrogen and oxygen atoms in total. The molecule has 1 saturated heterocycles. The Morgan fingerprint density at radius 3 is 2.79 bits per heavy atom. The Kier molecular flexibility index (Phi) is 5.92. The second kappa shape index (κ2) is 7.57. The van der Waals surface area contributed by atoms with Gasteiger partial charge in [-0.25, -0.2) is 18.2 Å². The van der Waals surface area contributed by atoms with E-state index in [1.165, 1.54) is 6.20 Å². The van der Waals surface area contributed by atoms with Gasteiger partial charge in [0.2, 0.25) is 10.9 Å². The number of rotatable bonds is 4. The van der Waals surface area contributed by atoms with Crippen LogP contribution in [0.25, 0.3) is 0 Å². The van der Waals surface area contributed by atoms with E-state index in [1.807, 2.05) is 0 Å². The van der Waals surface area contributed by atoms with Crippen LogP contribution >= 0.6 is 11.6 Å². The third-order valence-corrected chi connectivity index (χ3v) is 4.67. The fourth-order valence-electron chi connectivity index (χ4n) is 2.61. The Balaban J connectivity index is 2.17. The van der Waals surface area contributed by atoms with Crippen LogP contribution < -0.4 is 4.31 Å². The molecule has 1 aromatic heterocycles. The Morgan fingerprint density at radius 2 is 2.21 bits per heavy atom. The molecule has 0 unspecified atom stereocenters. The highest BCUT2D eigenvalue weighted by Crippen LogP contribution is 2.27. The second-order valence-electron chi connectivity index (χ2n) is 6.60. The summed E-state index contributed by atoms with van der Waals surface area (Å²) in [6, 6.07) is 2.95. The van der Waals surface area contributed by atoms with Crippen molar-refractivity contribution in [3.63, 3.8) is 0 Å². The van der Waals surface area contributed by atoms with E-state index in [2.05, 4.69) is 4.98 Å². The number of halogens is 1. The fraction of sp³-hybridized carbons (Fsp3) is 0.600. The average molecular weight is 376 g/mol. The van der Waals surface area contributed by atoms with E-state index in [4.69, 9.17) is 16.3 Å². The third-order valence-electron chi connectivity index (χ3n) is 3.60. The summed E-state index contributed by atoms with van der Waals surface area (Å²) < 4.78 is 29.9. The Hall–Kier alpha value is -1.54. The van der Waals surface area contributed by atoms with Gasteiger partial charge >= 0.3 is 6.09 Å². The average Bonchev–Trinajstić information content (AvgIpc) is 2.92. The fourth-order valence-corrected chi connectivity index (χ4v) is 3.55. The largest absolute Gasteiger partial charge is 0.444 e. The van der Waals surface area contributed by atoms with Crippen molar-refractivity contribution in [2.45, 2.75) is 45.3 Å². The molecule has 134 valence electrons. The molecule has 1 atom stereocenters. The lowest BCUT2D eigenvalue weighted by molar-refractivity contribution is 0.0233. The van der Waals surface area contributed by atoms with E-state index in [9.17, 15) is 13.2 Å². The van der Waals surface area contributed by atoms with E-state index in [0.717, 1.165) is 10.7 Å². The number of hydrogen-bond donors (Lipinski definition) is 1. The molecule has 0 radical (unpaired) electrons. The number of carbonyl (C=O) groups excluding carboxylic acids is 1. The number of ether oxygens (including phenoxy) is 1. The number of carbonyl (C=O) groups is 1. The monoisotopic (exact) mass is 375 g/mol. The Morgan fingerprint density at radius 1 is 1.50 bits per heavy atom. The topological polar surface area (TPSA) is 79.8 Å². The maximum absolute atomic E-state index is 12.3. The summed E-state index contributed by atoms with van der Waals surface area (Å²) in [5, 5.41) is 0.110. The van der Waals surface area contributed by atoms with Crippen LogP contribution in [-0.4, -0.2) is 49.1 Å². The van der Waals surface area contributed by atoms with Crippen LogP contribution in [0.2, 0.25) is 5.15 Å². The van der Waals surface area contributed by atoms with Gasteiger partial charge in [0.25, 0.3) is 0 Å². The minimum Gasteiger partial charge on any atom is -0.444 e. The zero-order chi connectivity index (χ0) is 17.9. The molecular formula is C15H22ClN3O4S. The minimum atomic E-state index is -2.91. The Bertz CT molecular complexity index is 667. The quantitative estimate of drug-likeness (QED) is 0.646. The molecule has 1 aliphatic rings. The smallest absolute Gasteiger partial charge is 0.410 e. The van der Waals surface area contributed by atoms with E-state index in [0.29, 0.717) is 18.7 Å². The van der Waals surface area contributed by atoms with Crippen LogP contribution in [0, 0.1) is 0 Å². The summed E-state index contributed by atoms with van der Waals surface area (Å²) in [4.78, 5) is 17.8. The highest BCUT2D eigenvalue weighted by molar-refractivity contribution is 7.74. The summed E-state index contributed by atoms with van der Waals surface area (Å²) in [6.45, 7) is 6.07. The summed E-state index contributed by atoms with van der Waals surface area (Å²) in [5.41, 5.74) is -0.286. The molecule has 1 aliphatic heterocycles. The van der Waals surface area contributed by atoms with Gasteiger partial charge in [0.1, 0.15) is 5.60 Å². The van der Waals surface area contributed by atoms with E-state index in [1.54, 1.807) is 37.8 Å². The van der Waals surface area contributed by atoms with Gasteiger partial charge in [-0.2, -0.15) is 0 Å². The number of thiol groups is 1. The molecule has 0 N–H and O–H groups in total. The van der Waals surface area contributed by atoms with Crippen molar-refractivity contribution in [2.24, 2.45) is 0 Å². The molecule has 0 saturated carbocycles. The SMILES string of the molecule is CC(C)(C)OC(=O)N1CCC[C@@H]1CN(c1cccnc1Cl)[SH](=O)=O. The molecular weight excluding hydrogens is 354 g/mol. The highest BCUT2D eigenvalue weighted by atomic mass is 35.5. The number of aromatic nitrogens is 1. The molecule has 1 fully saturated rings. The molecule has 0 aromatic carbocycles. The van der Waals surface area contributed by atoms with Crippen molar-refractivity contribution in [2.75, 3.05) is 17.4 Å². The van der Waals surface area contributed by atoms with Crippen molar-refractivity contribution >= 4 is 34.3 Å². The molecule has 24 heavy (non-hydrogen) atoms. The molecule has 2 heterocycles. The standard InChI is InChI=1S/C15H22ClN3O4S/c1-15(2,3)23-14(20)18-9-5-6-11(18)10-19(24(21)22)12-7-4-8-17-13(12)16/h4,7-8,11,24H,5-6,9-10H2,1-3H3/t11-/m1/s1. The lowest BCUT2D eigenvalue weighted by Crippen LogP contribution is -2.45. The predicted molar refractivity (Wildman–Crippen MR) is 92.9 cm³/mol. The second-order valence-corrected chi connectivity index (χ2v) is 7.92. The molecule has 1 amide bonds. The number of anilines is 1. The van der Waals surface area contributed by atoms with E-state index in [-0.39, 0.29) is 17.7 Å². The zero-order valence-electron chi connectivity index (χ0n) is 13.9. The zero-order valence-corrected chi connectivity index (χ0v) is 15.6. The summed E-state index contributed by atoms with van der Waals surface area (Å²) in [7, 11) is -2.91. The number of amides is 1. The molecule has 9 heteroatoms. The molecule has 1 aromatic rings. The van der Waals surface area contributed by atoms with Gasteiger partial charge in [-0.15, -0.1) is 0 Å². The number of nitrogens with zero attached hydrogens (tertiary/aromatic N) is 3. The van der Waals surface area contributed by atoms with Crippen molar-refractivity contribution < 1.29 is 17.9 Å². The molecule has 0 aliphatic carbocycles. The summed E-state index contributed by atoms with van der Waals surface area (Å²) >= 11 is 6.01. The van der Waals surface area contributed by atoms with Gasteiger partial charge in [-0.3, -0.25) is 4.31 Å². The molecule has 0 bridgehead atoms. The van der Waals surface area contributed by atoms with Gasteiger partial charge < -0.3 is 9.64 Å². The maximum Gasteiger partial charge on any atom is 0.410 e. The van der Waals surface area contributed by atoms with Crippen LogP contribution in [0.1, 0.15) is 33.6 Å². The maximum atomic E-state index is 12.3. The van der Waals surface area contributed by atoms with Gasteiger partial charge in [-0.1, -0.05) is 11.6 Å². The van der Waals surface area contributed by atoms with Crippen LogP contribution in [0.15, 0.2) is 18.3 Å². The van der Waals surface area contributed by atoms with Crippen LogP contribution in [-0.2, 0) is 15.6 Å². The minimum absolute atomic E-state index is 0.110. The normalized spacial score (nSPS) is 18.0. The van der Waals surface area contributed by atoms with Crippen LogP contribution in [0.3, 0.4) is 0 Å². The van der Waals surface area contributed by atoms with Gasteiger partial charge in [0.15, 0.2) is 5.15 Å². The van der Waals surface area contributed by atoms with Gasteiger partial charge in [-0.05, 0) is 45.7 Å². The first kappa shape index (κ1) is 18.8. The van der Waals surface area contributed by atoms with E-state index < -0.39 is 22.6 Å². The molecule has 2 rings (SSSR count). The van der Waals surface area contributed by atoms with Crippen molar-refractivity contribution in [3.8, 4) is 0 Å². The first-order chi connectivity index (χ1) is 11.2. The summed E-state index contributed by atoms with van der Waals surface area (Å²) in [6.07, 6.45) is 2.57. The number of likely N-dealkylation sites (tertiary alicyclic amines) is 1. The van der Waals surface area contributed by atoms with Gasteiger partial charge in [0.05, 0.1) is 18.3 Å². The van der Waals surface area contributed by atoms with Crippen LogP contribution in [0.5, 0.6) is 0 Å².